The van der Waals surface area contributed by atoms with Gasteiger partial charge in [-0.1, -0.05) is 65.8 Å². The maximum atomic E-state index is 5.10. The van der Waals surface area contributed by atoms with Crippen molar-refractivity contribution in [3.05, 3.63) is 36.0 Å². The van der Waals surface area contributed by atoms with E-state index in [9.17, 15) is 0 Å². The van der Waals surface area contributed by atoms with Crippen molar-refractivity contribution in [2.75, 3.05) is 0 Å². The van der Waals surface area contributed by atoms with Gasteiger partial charge in [-0.2, -0.15) is 0 Å². The summed E-state index contributed by atoms with van der Waals surface area (Å²) in [7, 11) is -1.66. The second-order valence-electron chi connectivity index (χ2n) is 7.21. The summed E-state index contributed by atoms with van der Waals surface area (Å²) in [6.45, 7) is 16.6. The van der Waals surface area contributed by atoms with E-state index in [1.54, 1.807) is 0 Å². The molecule has 0 saturated carbocycles. The molecule has 2 rings (SSSR count). The molecule has 0 aliphatic rings. The molecule has 0 N–H and O–H groups in total. The van der Waals surface area contributed by atoms with Gasteiger partial charge in [0.25, 0.3) is 0 Å². The Kier molecular flexibility index (Phi) is 4.57. The number of aryl methyl sites for hydroxylation is 1. The van der Waals surface area contributed by atoms with Gasteiger partial charge in [-0.15, -0.1) is 0 Å². The summed E-state index contributed by atoms with van der Waals surface area (Å²) >= 11 is 0. The standard InChI is InChI=1S/C19H29NSi/c1-13(2)21(14(3)4,15(5)6)19-12-17-10-8-9-11-18(17)16(7)20-19/h8-15H,1-7H3. The lowest BCUT2D eigenvalue weighted by Crippen LogP contribution is -2.57. The van der Waals surface area contributed by atoms with Crippen LogP contribution in [0.2, 0.25) is 16.6 Å². The van der Waals surface area contributed by atoms with Crippen LogP contribution in [-0.2, 0) is 0 Å². The molecule has 21 heavy (non-hydrogen) atoms. The van der Waals surface area contributed by atoms with Crippen LogP contribution in [0.4, 0.5) is 0 Å². The largest absolute Gasteiger partial charge is 0.262 e. The fourth-order valence-corrected chi connectivity index (χ4v) is 11.0. The Morgan fingerprint density at radius 3 is 1.90 bits per heavy atom. The number of rotatable bonds is 4. The monoisotopic (exact) mass is 299 g/mol. The van der Waals surface area contributed by atoms with Crippen LogP contribution >= 0.6 is 0 Å². The van der Waals surface area contributed by atoms with Gasteiger partial charge in [0.15, 0.2) is 0 Å². The number of hydrogen-bond acceptors (Lipinski definition) is 1. The molecule has 0 unspecified atom stereocenters. The van der Waals surface area contributed by atoms with E-state index in [2.05, 4.69) is 78.8 Å². The summed E-state index contributed by atoms with van der Waals surface area (Å²) in [5.74, 6) is 0. The van der Waals surface area contributed by atoms with Crippen LogP contribution < -0.4 is 5.32 Å². The van der Waals surface area contributed by atoms with E-state index in [0.717, 1.165) is 0 Å². The number of pyridine rings is 1. The number of aromatic nitrogens is 1. The minimum Gasteiger partial charge on any atom is -0.262 e. The van der Waals surface area contributed by atoms with Gasteiger partial charge in [0.05, 0.1) is 0 Å². The third-order valence-electron chi connectivity index (χ3n) is 5.24. The molecule has 0 aliphatic heterocycles. The lowest BCUT2D eigenvalue weighted by Gasteiger charge is -2.42. The number of benzene rings is 1. The summed E-state index contributed by atoms with van der Waals surface area (Å²) in [5, 5.41) is 4.04. The summed E-state index contributed by atoms with van der Waals surface area (Å²) in [4.78, 5) is 5.10. The van der Waals surface area contributed by atoms with Gasteiger partial charge in [0.1, 0.15) is 8.07 Å². The molecule has 114 valence electrons. The number of nitrogens with zero attached hydrogens (tertiary/aromatic N) is 1. The molecule has 0 bridgehead atoms. The van der Waals surface area contributed by atoms with E-state index in [0.29, 0.717) is 16.6 Å². The lowest BCUT2D eigenvalue weighted by molar-refractivity contribution is 0.830. The van der Waals surface area contributed by atoms with Crippen molar-refractivity contribution in [2.45, 2.75) is 65.1 Å². The molecule has 0 atom stereocenters. The van der Waals surface area contributed by atoms with E-state index in [1.807, 2.05) is 0 Å². The zero-order valence-corrected chi connectivity index (χ0v) is 15.6. The van der Waals surface area contributed by atoms with Gasteiger partial charge >= 0.3 is 0 Å². The predicted octanol–water partition coefficient (Wildman–Crippen LogP) is 5.43. The van der Waals surface area contributed by atoms with Crippen molar-refractivity contribution in [3.8, 4) is 0 Å². The van der Waals surface area contributed by atoms with Gasteiger partial charge < -0.3 is 0 Å². The van der Waals surface area contributed by atoms with Crippen molar-refractivity contribution in [2.24, 2.45) is 0 Å². The minimum absolute atomic E-state index is 0.700. The van der Waals surface area contributed by atoms with Gasteiger partial charge in [-0.25, -0.2) is 0 Å². The fraction of sp³-hybridized carbons (Fsp3) is 0.526. The zero-order valence-electron chi connectivity index (χ0n) is 14.6. The summed E-state index contributed by atoms with van der Waals surface area (Å²) in [6.07, 6.45) is 0. The first-order valence-electron chi connectivity index (χ1n) is 8.18. The molecule has 2 aromatic rings. The van der Waals surface area contributed by atoms with Crippen LogP contribution in [0, 0.1) is 6.92 Å². The molecule has 0 aliphatic carbocycles. The minimum atomic E-state index is -1.66. The van der Waals surface area contributed by atoms with Crippen LogP contribution in [0.3, 0.4) is 0 Å². The first-order chi connectivity index (χ1) is 9.81. The van der Waals surface area contributed by atoms with Crippen molar-refractivity contribution >= 4 is 24.2 Å². The van der Waals surface area contributed by atoms with Crippen LogP contribution in [0.25, 0.3) is 10.8 Å². The van der Waals surface area contributed by atoms with Crippen molar-refractivity contribution in [3.63, 3.8) is 0 Å². The van der Waals surface area contributed by atoms with Crippen molar-refractivity contribution in [1.82, 2.24) is 4.98 Å². The summed E-state index contributed by atoms with van der Waals surface area (Å²) in [5.41, 5.74) is 3.28. The Labute approximate surface area is 130 Å². The normalized spacial score (nSPS) is 12.9. The predicted molar refractivity (Wildman–Crippen MR) is 97.2 cm³/mol. The molecule has 0 amide bonds. The molecule has 1 aromatic carbocycles. The SMILES string of the molecule is Cc1nc([Si](C(C)C)(C(C)C)C(C)C)cc2ccccc12. The highest BCUT2D eigenvalue weighted by Crippen LogP contribution is 2.41. The quantitative estimate of drug-likeness (QED) is 0.686. The Balaban J connectivity index is 2.77. The van der Waals surface area contributed by atoms with E-state index in [1.165, 1.54) is 21.8 Å². The Hall–Kier alpha value is -1.15. The molecular weight excluding hydrogens is 270 g/mol. The van der Waals surface area contributed by atoms with Crippen molar-refractivity contribution < 1.29 is 0 Å². The van der Waals surface area contributed by atoms with Crippen LogP contribution in [0.1, 0.15) is 47.2 Å². The average molecular weight is 300 g/mol. The van der Waals surface area contributed by atoms with Gasteiger partial charge in [0.2, 0.25) is 0 Å². The zero-order chi connectivity index (χ0) is 15.8. The van der Waals surface area contributed by atoms with Gasteiger partial charge in [-0.05, 0) is 35.0 Å². The fourth-order valence-electron chi connectivity index (χ4n) is 4.48. The topological polar surface area (TPSA) is 12.9 Å². The Bertz CT molecular complexity index is 607. The van der Waals surface area contributed by atoms with Crippen molar-refractivity contribution in [1.29, 1.82) is 0 Å². The second kappa shape index (κ2) is 5.92. The molecule has 0 fully saturated rings. The summed E-state index contributed by atoms with van der Waals surface area (Å²) < 4.78 is 0. The van der Waals surface area contributed by atoms with E-state index >= 15 is 0 Å². The Morgan fingerprint density at radius 1 is 0.857 bits per heavy atom. The highest BCUT2D eigenvalue weighted by atomic mass is 28.3. The molecule has 0 radical (unpaired) electrons. The van der Waals surface area contributed by atoms with E-state index < -0.39 is 8.07 Å². The molecule has 0 saturated heterocycles. The second-order valence-corrected chi connectivity index (χ2v) is 13.1. The van der Waals surface area contributed by atoms with Gasteiger partial charge in [0, 0.05) is 16.4 Å². The highest BCUT2D eigenvalue weighted by molar-refractivity contribution is 6.94. The molecule has 1 aromatic heterocycles. The van der Waals surface area contributed by atoms with Gasteiger partial charge in [-0.3, -0.25) is 4.98 Å². The lowest BCUT2D eigenvalue weighted by atomic mass is 10.1. The third-order valence-corrected chi connectivity index (χ3v) is 12.1. The van der Waals surface area contributed by atoms with Crippen LogP contribution in [0.5, 0.6) is 0 Å². The maximum absolute atomic E-state index is 5.10. The number of hydrogen-bond donors (Lipinski definition) is 0. The average Bonchev–Trinajstić information content (AvgIpc) is 2.38. The van der Waals surface area contributed by atoms with E-state index in [4.69, 9.17) is 4.98 Å². The molecular formula is C19H29NSi. The molecule has 2 heteroatoms. The first kappa shape index (κ1) is 16.2. The number of fused-ring (bicyclic) bond motifs is 1. The Morgan fingerprint density at radius 2 is 1.38 bits per heavy atom. The maximum Gasteiger partial charge on any atom is 0.118 e. The highest BCUT2D eigenvalue weighted by Gasteiger charge is 2.45. The van der Waals surface area contributed by atoms with Crippen LogP contribution in [0.15, 0.2) is 30.3 Å². The smallest absolute Gasteiger partial charge is 0.118 e. The third kappa shape index (κ3) is 2.54. The molecule has 1 heterocycles. The van der Waals surface area contributed by atoms with Crippen LogP contribution in [-0.4, -0.2) is 13.1 Å². The molecule has 1 nitrogen and oxygen atoms in total. The summed E-state index contributed by atoms with van der Waals surface area (Å²) in [6, 6.07) is 11.0. The first-order valence-corrected chi connectivity index (χ1v) is 10.4. The molecule has 0 spiro atoms. The van der Waals surface area contributed by atoms with E-state index in [-0.39, 0.29) is 0 Å².